The lowest BCUT2D eigenvalue weighted by Gasteiger charge is -2.26. The summed E-state index contributed by atoms with van der Waals surface area (Å²) < 4.78 is 7.24. The fraction of sp³-hybridized carbons (Fsp3) is 0.375. The SMILES string of the molecule is O=C(Cn1nc2n(c1=O)C(=O)N(c1cccc(Cl)c1)C2)N1CCOCC1. The van der Waals surface area contributed by atoms with E-state index >= 15 is 0 Å². The third-order valence-corrected chi connectivity index (χ3v) is 4.63. The van der Waals surface area contributed by atoms with E-state index in [-0.39, 0.29) is 19.0 Å². The maximum absolute atomic E-state index is 12.6. The summed E-state index contributed by atoms with van der Waals surface area (Å²) in [4.78, 5) is 40.5. The molecule has 0 N–H and O–H groups in total. The lowest BCUT2D eigenvalue weighted by molar-refractivity contribution is -0.136. The average Bonchev–Trinajstić information content (AvgIpc) is 3.13. The molecule has 1 fully saturated rings. The Morgan fingerprint density at radius 3 is 2.69 bits per heavy atom. The number of hydrogen-bond donors (Lipinski definition) is 0. The van der Waals surface area contributed by atoms with Crippen LogP contribution in [0.1, 0.15) is 5.82 Å². The molecular formula is C16H16ClN5O4. The summed E-state index contributed by atoms with van der Waals surface area (Å²) in [5.41, 5.74) is -0.0283. The Morgan fingerprint density at radius 2 is 2.00 bits per heavy atom. The lowest BCUT2D eigenvalue weighted by Crippen LogP contribution is -2.44. The van der Waals surface area contributed by atoms with E-state index in [9.17, 15) is 14.4 Å². The molecule has 0 saturated carbocycles. The molecule has 2 amide bonds. The standard InChI is InChI=1S/C16H16ClN5O4/c17-11-2-1-3-12(8-11)20-9-13-18-21(16(25)22(13)15(20)24)10-14(23)19-4-6-26-7-5-19/h1-3,8H,4-7,9-10H2. The molecule has 26 heavy (non-hydrogen) atoms. The minimum absolute atomic E-state index is 0.146. The highest BCUT2D eigenvalue weighted by Gasteiger charge is 2.34. The van der Waals surface area contributed by atoms with Gasteiger partial charge in [-0.15, -0.1) is 0 Å². The number of benzene rings is 1. The van der Waals surface area contributed by atoms with Crippen LogP contribution in [-0.4, -0.2) is 57.5 Å². The molecule has 2 aliphatic rings. The van der Waals surface area contributed by atoms with Crippen LogP contribution < -0.4 is 10.6 Å². The third kappa shape index (κ3) is 2.89. The fourth-order valence-corrected chi connectivity index (χ4v) is 3.25. The predicted octanol–water partition coefficient (Wildman–Crippen LogP) is 0.545. The molecule has 0 spiro atoms. The topological polar surface area (TPSA) is 89.7 Å². The van der Waals surface area contributed by atoms with E-state index < -0.39 is 11.7 Å². The molecule has 2 aliphatic heterocycles. The molecule has 1 aromatic carbocycles. The molecule has 0 unspecified atom stereocenters. The molecular weight excluding hydrogens is 362 g/mol. The van der Waals surface area contributed by atoms with Crippen LogP contribution in [0.4, 0.5) is 10.5 Å². The second-order valence-electron chi connectivity index (χ2n) is 6.03. The van der Waals surface area contributed by atoms with E-state index in [2.05, 4.69) is 5.10 Å². The first-order valence-corrected chi connectivity index (χ1v) is 8.54. The number of nitrogens with zero attached hydrogens (tertiary/aromatic N) is 5. The summed E-state index contributed by atoms with van der Waals surface area (Å²) in [6.45, 7) is 1.89. The highest BCUT2D eigenvalue weighted by molar-refractivity contribution is 6.30. The molecule has 10 heteroatoms. The van der Waals surface area contributed by atoms with E-state index in [1.807, 2.05) is 0 Å². The summed E-state index contributed by atoms with van der Waals surface area (Å²) in [7, 11) is 0. The zero-order chi connectivity index (χ0) is 18.3. The normalized spacial score (nSPS) is 16.9. The van der Waals surface area contributed by atoms with Crippen LogP contribution in [0.3, 0.4) is 0 Å². The number of anilines is 1. The Morgan fingerprint density at radius 1 is 1.23 bits per heavy atom. The van der Waals surface area contributed by atoms with Crippen molar-refractivity contribution in [3.8, 4) is 0 Å². The van der Waals surface area contributed by atoms with Crippen LogP contribution in [0.25, 0.3) is 0 Å². The second kappa shape index (κ2) is 6.58. The Labute approximate surface area is 153 Å². The van der Waals surface area contributed by atoms with Crippen molar-refractivity contribution in [1.82, 2.24) is 19.2 Å². The number of halogens is 1. The number of hydrogen-bond acceptors (Lipinski definition) is 5. The quantitative estimate of drug-likeness (QED) is 0.779. The highest BCUT2D eigenvalue weighted by atomic mass is 35.5. The third-order valence-electron chi connectivity index (χ3n) is 4.40. The van der Waals surface area contributed by atoms with Gasteiger partial charge in [0.25, 0.3) is 0 Å². The Balaban J connectivity index is 1.55. The van der Waals surface area contributed by atoms with Gasteiger partial charge in [-0.2, -0.15) is 9.67 Å². The van der Waals surface area contributed by atoms with Gasteiger partial charge in [0.1, 0.15) is 6.54 Å². The molecule has 0 atom stereocenters. The van der Waals surface area contributed by atoms with E-state index in [4.69, 9.17) is 16.3 Å². The molecule has 0 aliphatic carbocycles. The van der Waals surface area contributed by atoms with Crippen molar-refractivity contribution in [2.75, 3.05) is 31.2 Å². The summed E-state index contributed by atoms with van der Waals surface area (Å²) in [6.07, 6.45) is 0. The van der Waals surface area contributed by atoms with Crippen molar-refractivity contribution in [3.05, 3.63) is 45.6 Å². The van der Waals surface area contributed by atoms with Crippen LogP contribution in [0.5, 0.6) is 0 Å². The summed E-state index contributed by atoms with van der Waals surface area (Å²) in [5.74, 6) is 0.0843. The number of aromatic nitrogens is 3. The van der Waals surface area contributed by atoms with E-state index in [0.717, 1.165) is 9.25 Å². The molecule has 4 rings (SSSR count). The molecule has 3 heterocycles. The van der Waals surface area contributed by atoms with Crippen molar-refractivity contribution >= 4 is 29.2 Å². The zero-order valence-electron chi connectivity index (χ0n) is 13.8. The van der Waals surface area contributed by atoms with Crippen molar-refractivity contribution < 1.29 is 14.3 Å². The number of amides is 2. The van der Waals surface area contributed by atoms with E-state index in [1.54, 1.807) is 29.2 Å². The predicted molar refractivity (Wildman–Crippen MR) is 92.3 cm³/mol. The van der Waals surface area contributed by atoms with Crippen LogP contribution in [-0.2, 0) is 22.6 Å². The van der Waals surface area contributed by atoms with Gasteiger partial charge in [0.15, 0.2) is 5.82 Å². The molecule has 0 radical (unpaired) electrons. The van der Waals surface area contributed by atoms with Crippen molar-refractivity contribution in [2.45, 2.75) is 13.1 Å². The smallest absolute Gasteiger partial charge is 0.354 e. The number of ether oxygens (including phenoxy) is 1. The second-order valence-corrected chi connectivity index (χ2v) is 6.47. The van der Waals surface area contributed by atoms with Gasteiger partial charge in [-0.1, -0.05) is 17.7 Å². The number of carbonyl (C=O) groups is 2. The lowest BCUT2D eigenvalue weighted by atomic mass is 10.3. The Hall–Kier alpha value is -2.65. The van der Waals surface area contributed by atoms with Gasteiger partial charge < -0.3 is 9.64 Å². The van der Waals surface area contributed by atoms with Crippen LogP contribution >= 0.6 is 11.6 Å². The molecule has 2 aromatic rings. The first kappa shape index (κ1) is 16.8. The number of fused-ring (bicyclic) bond motifs is 1. The molecule has 1 saturated heterocycles. The average molecular weight is 378 g/mol. The molecule has 0 bridgehead atoms. The van der Waals surface area contributed by atoms with Crippen molar-refractivity contribution in [1.29, 1.82) is 0 Å². The van der Waals surface area contributed by atoms with Gasteiger partial charge in [-0.3, -0.25) is 9.69 Å². The highest BCUT2D eigenvalue weighted by Crippen LogP contribution is 2.24. The number of morpholine rings is 1. The summed E-state index contributed by atoms with van der Waals surface area (Å²) in [5, 5.41) is 4.66. The van der Waals surface area contributed by atoms with Gasteiger partial charge in [0.05, 0.1) is 19.8 Å². The molecule has 136 valence electrons. The van der Waals surface area contributed by atoms with Crippen molar-refractivity contribution in [2.24, 2.45) is 0 Å². The monoisotopic (exact) mass is 377 g/mol. The van der Waals surface area contributed by atoms with Gasteiger partial charge >= 0.3 is 11.7 Å². The van der Waals surface area contributed by atoms with Crippen molar-refractivity contribution in [3.63, 3.8) is 0 Å². The zero-order valence-corrected chi connectivity index (χ0v) is 14.6. The molecule has 1 aromatic heterocycles. The van der Waals surface area contributed by atoms with Gasteiger partial charge in [0.2, 0.25) is 5.91 Å². The van der Waals surface area contributed by atoms with Gasteiger partial charge in [-0.25, -0.2) is 14.3 Å². The largest absolute Gasteiger partial charge is 0.378 e. The fourth-order valence-electron chi connectivity index (χ4n) is 3.07. The minimum Gasteiger partial charge on any atom is -0.378 e. The minimum atomic E-state index is -0.615. The first-order chi connectivity index (χ1) is 12.5. The van der Waals surface area contributed by atoms with Gasteiger partial charge in [-0.05, 0) is 18.2 Å². The van der Waals surface area contributed by atoms with Gasteiger partial charge in [0, 0.05) is 23.8 Å². The van der Waals surface area contributed by atoms with Crippen LogP contribution in [0.15, 0.2) is 29.1 Å². The van der Waals surface area contributed by atoms with Crippen LogP contribution in [0.2, 0.25) is 5.02 Å². The maximum Gasteiger partial charge on any atom is 0.354 e. The Kier molecular flexibility index (Phi) is 4.25. The number of carbonyl (C=O) groups excluding carboxylic acids is 2. The summed E-state index contributed by atoms with van der Waals surface area (Å²) >= 11 is 5.97. The summed E-state index contributed by atoms with van der Waals surface area (Å²) in [6, 6.07) is 6.31. The van der Waals surface area contributed by atoms with Crippen LogP contribution in [0, 0.1) is 0 Å². The first-order valence-electron chi connectivity index (χ1n) is 8.16. The van der Waals surface area contributed by atoms with E-state index in [1.165, 1.54) is 4.90 Å². The molecule has 9 nitrogen and oxygen atoms in total. The Bertz CT molecular complexity index is 931. The van der Waals surface area contributed by atoms with E-state index in [0.29, 0.717) is 42.8 Å². The maximum atomic E-state index is 12.6. The number of rotatable bonds is 3.